The van der Waals surface area contributed by atoms with Crippen molar-refractivity contribution in [3.05, 3.63) is 0 Å². The van der Waals surface area contributed by atoms with Crippen LogP contribution in [0.1, 0.15) is 0 Å². The summed E-state index contributed by atoms with van der Waals surface area (Å²) in [5.41, 5.74) is 0. The van der Waals surface area contributed by atoms with Gasteiger partial charge in [0.15, 0.2) is 0 Å². The minimum Gasteiger partial charge on any atom is 0 e. The van der Waals surface area contributed by atoms with E-state index in [1.807, 2.05) is 0 Å². The van der Waals surface area contributed by atoms with E-state index in [1.165, 1.54) is 0 Å². The quantitative estimate of drug-likeness (QED) is 0.627. The van der Waals surface area contributed by atoms with Gasteiger partial charge in [0.05, 0.1) is 0 Å². The van der Waals surface area contributed by atoms with Gasteiger partial charge in [-0.25, -0.2) is 0 Å². The van der Waals surface area contributed by atoms with Gasteiger partial charge < -0.3 is 0 Å². The first kappa shape index (κ1) is 14.7. The van der Waals surface area contributed by atoms with E-state index in [0.29, 0.717) is 0 Å². The minimum absolute atomic E-state index is 0. The van der Waals surface area contributed by atoms with Gasteiger partial charge in [0.2, 0.25) is 0 Å². The summed E-state index contributed by atoms with van der Waals surface area (Å²) < 4.78 is 7.06. The Morgan fingerprint density at radius 3 is 0.818 bits per heavy atom. The van der Waals surface area contributed by atoms with E-state index >= 15 is 0 Å². The van der Waals surface area contributed by atoms with E-state index in [1.54, 1.807) is 0 Å². The summed E-state index contributed by atoms with van der Waals surface area (Å²) in [4.78, 5) is 0. The smallest absolute Gasteiger partial charge is 0 e. The van der Waals surface area contributed by atoms with Crippen molar-refractivity contribution in [1.29, 1.82) is 0 Å². The number of hydrogen-bond acceptors (Lipinski definition) is 3. The predicted octanol–water partition coefficient (Wildman–Crippen LogP) is -0.725. The molecule has 0 aliphatic carbocycles. The van der Waals surface area contributed by atoms with Crippen molar-refractivity contribution in [1.82, 2.24) is 10.8 Å². The van der Waals surface area contributed by atoms with Crippen LogP contribution in [0.2, 0.25) is 0 Å². The topological polar surface area (TPSA) is 9.72 Å². The van der Waals surface area contributed by atoms with Crippen LogP contribution in [0, 0.1) is 0 Å². The second-order valence-electron chi connectivity index (χ2n) is 3.24. The van der Waals surface area contributed by atoms with Crippen molar-refractivity contribution in [2.75, 3.05) is 42.3 Å². The van der Waals surface area contributed by atoms with Crippen LogP contribution in [0.5, 0.6) is 0 Å². The molecule has 0 aromatic carbocycles. The van der Waals surface area contributed by atoms with E-state index in [2.05, 4.69) is 53.1 Å². The maximum Gasteiger partial charge on any atom is 0 e. The molecule has 0 rings (SSSR count). The molecule has 63 valence electrons. The van der Waals surface area contributed by atoms with Gasteiger partial charge in [-0.1, -0.05) is 0 Å². The normalized spacial score (nSPS) is 10.6. The zero-order valence-electron chi connectivity index (χ0n) is 8.50. The molecule has 0 aromatic rings. The molecule has 0 aliphatic heterocycles. The van der Waals surface area contributed by atoms with E-state index in [4.69, 9.17) is 0 Å². The zero-order valence-corrected chi connectivity index (χ0v) is 13.3. The largest absolute Gasteiger partial charge is 0 e. The van der Waals surface area contributed by atoms with Gasteiger partial charge in [-0.3, -0.25) is 0 Å². The first-order chi connectivity index (χ1) is 4.46. The molecule has 0 saturated carbocycles. The third kappa shape index (κ3) is 5.40. The molecule has 0 bridgehead atoms. The molecule has 0 spiro atoms. The van der Waals surface area contributed by atoms with Crippen molar-refractivity contribution >= 4 is 36.7 Å². The molecular weight excluding hydrogens is 254 g/mol. The first-order valence-corrected chi connectivity index (χ1v) is 6.71. The van der Waals surface area contributed by atoms with E-state index in [9.17, 15) is 0 Å². The number of rotatable bonds is 3. The molecule has 0 aliphatic rings. The molecule has 0 N–H and O–H groups in total. The predicted molar refractivity (Wildman–Crippen MR) is 52.6 cm³/mol. The minimum atomic E-state index is -1.42. The molecule has 11 heavy (non-hydrogen) atoms. The molecule has 0 unspecified atom stereocenters. The monoisotopic (exact) mass is 270 g/mol. The van der Waals surface area contributed by atoms with Crippen LogP contribution in [0.25, 0.3) is 0 Å². The molecule has 0 heterocycles. The maximum atomic E-state index is 2.35. The fraction of sp³-hybridized carbons (Fsp3) is 1.00. The Kier molecular flexibility index (Phi) is 8.86. The molecule has 0 saturated heterocycles. The van der Waals surface area contributed by atoms with E-state index < -0.39 is 16.9 Å². The van der Waals surface area contributed by atoms with Crippen molar-refractivity contribution in [3.8, 4) is 0 Å². The Bertz CT molecular complexity index is 76.8. The van der Waals surface area contributed by atoms with Crippen molar-refractivity contribution < 1.29 is 0 Å². The Labute approximate surface area is 89.6 Å². The van der Waals surface area contributed by atoms with E-state index in [0.717, 1.165) is 0 Å². The summed E-state index contributed by atoms with van der Waals surface area (Å²) in [5.74, 6) is 0. The summed E-state index contributed by atoms with van der Waals surface area (Å²) in [7, 11) is 12.9. The third-order valence-corrected chi connectivity index (χ3v) is 7.20. The van der Waals surface area contributed by atoms with Crippen LogP contribution in [-0.4, -0.2) is 89.8 Å². The summed E-state index contributed by atoms with van der Waals surface area (Å²) in [5, 5.41) is 0. The Morgan fingerprint density at radius 2 is 0.818 bits per heavy atom. The second-order valence-corrected chi connectivity index (χ2v) is 11.2. The molecule has 3 radical (unpaired) electrons. The SMILES string of the molecule is C[N](C)[Ga]([N](C)C)[N](C)C.[Ga]. The molecule has 0 fully saturated rings. The van der Waals surface area contributed by atoms with Crippen LogP contribution in [0.3, 0.4) is 0 Å². The van der Waals surface area contributed by atoms with Crippen LogP contribution >= 0.6 is 0 Å². The third-order valence-electron chi connectivity index (χ3n) is 1.39. The van der Waals surface area contributed by atoms with Crippen LogP contribution in [0.4, 0.5) is 0 Å². The fourth-order valence-electron chi connectivity index (χ4n) is 1.39. The molecule has 3 nitrogen and oxygen atoms in total. The Hall–Kier alpha value is 1.15. The fourth-order valence-corrected chi connectivity index (χ4v) is 7.20. The van der Waals surface area contributed by atoms with Crippen LogP contribution in [0.15, 0.2) is 0 Å². The molecule has 0 atom stereocenters. The van der Waals surface area contributed by atoms with Gasteiger partial charge in [-0.2, -0.15) is 0 Å². The van der Waals surface area contributed by atoms with Crippen molar-refractivity contribution in [3.63, 3.8) is 0 Å². The average Bonchev–Trinajstić information content (AvgIpc) is 1.59. The van der Waals surface area contributed by atoms with Gasteiger partial charge in [0.1, 0.15) is 0 Å². The summed E-state index contributed by atoms with van der Waals surface area (Å²) in [6.07, 6.45) is 0. The summed E-state index contributed by atoms with van der Waals surface area (Å²) in [6.45, 7) is 0. The zero-order chi connectivity index (χ0) is 8.31. The molecule has 0 aromatic heterocycles. The average molecular weight is 272 g/mol. The summed E-state index contributed by atoms with van der Waals surface area (Å²) in [6, 6.07) is 0. The standard InChI is InChI=1S/3C2H6N.2Ga/c3*1-3-2;;/h3*1-2H3;;/q3*-1;;+3. The Balaban J connectivity index is 0. The van der Waals surface area contributed by atoms with Crippen molar-refractivity contribution in [2.45, 2.75) is 0 Å². The maximum absolute atomic E-state index is 2.35. The van der Waals surface area contributed by atoms with Gasteiger partial charge >= 0.3 is 70.0 Å². The van der Waals surface area contributed by atoms with Gasteiger partial charge in [-0.15, -0.1) is 0 Å². The van der Waals surface area contributed by atoms with Gasteiger partial charge in [0, 0.05) is 19.8 Å². The van der Waals surface area contributed by atoms with Crippen LogP contribution < -0.4 is 0 Å². The Morgan fingerprint density at radius 1 is 0.636 bits per heavy atom. The molecular formula is C6H18Ga2N3. The summed E-state index contributed by atoms with van der Waals surface area (Å²) >= 11 is -1.42. The number of nitrogens with zero attached hydrogens (tertiary/aromatic N) is 3. The molecule has 5 heteroatoms. The molecule has 0 amide bonds. The van der Waals surface area contributed by atoms with E-state index in [-0.39, 0.29) is 19.8 Å². The van der Waals surface area contributed by atoms with Gasteiger partial charge in [-0.05, 0) is 0 Å². The second kappa shape index (κ2) is 6.65. The van der Waals surface area contributed by atoms with Crippen LogP contribution in [-0.2, 0) is 0 Å². The number of hydrogen-bond donors (Lipinski definition) is 0. The van der Waals surface area contributed by atoms with Crippen molar-refractivity contribution in [2.24, 2.45) is 0 Å². The van der Waals surface area contributed by atoms with Gasteiger partial charge in [0.25, 0.3) is 0 Å². The first-order valence-electron chi connectivity index (χ1n) is 3.46.